The Kier molecular flexibility index (Phi) is 4.50. The molecule has 1 aromatic heterocycles. The molecular weight excluding hydrogens is 360 g/mol. The molecule has 2 aliphatic heterocycles. The molecule has 1 fully saturated rings. The van der Waals surface area contributed by atoms with Crippen LogP contribution in [0, 0.1) is 5.92 Å². The average Bonchev–Trinajstić information content (AvgIpc) is 3.07. The number of pyridine rings is 1. The third kappa shape index (κ3) is 3.17. The minimum absolute atomic E-state index is 0.108. The van der Waals surface area contributed by atoms with E-state index in [9.17, 15) is 9.59 Å². The van der Waals surface area contributed by atoms with Crippen molar-refractivity contribution < 1.29 is 4.79 Å². The summed E-state index contributed by atoms with van der Waals surface area (Å²) in [5, 5.41) is 0.677. The molecule has 148 valence electrons. The van der Waals surface area contributed by atoms with E-state index in [2.05, 4.69) is 41.8 Å². The van der Waals surface area contributed by atoms with Gasteiger partial charge in [-0.3, -0.25) is 9.59 Å². The third-order valence-corrected chi connectivity index (χ3v) is 6.62. The van der Waals surface area contributed by atoms with Crippen LogP contribution < -0.4 is 5.43 Å². The molecule has 3 heterocycles. The highest BCUT2D eigenvalue weighted by Gasteiger charge is 2.28. The van der Waals surface area contributed by atoms with Gasteiger partial charge in [-0.25, -0.2) is 0 Å². The fourth-order valence-corrected chi connectivity index (χ4v) is 5.03. The Labute approximate surface area is 170 Å². The van der Waals surface area contributed by atoms with E-state index < -0.39 is 0 Å². The highest BCUT2D eigenvalue weighted by molar-refractivity contribution is 5.98. The Morgan fingerprint density at radius 3 is 2.55 bits per heavy atom. The Balaban J connectivity index is 1.37. The van der Waals surface area contributed by atoms with Crippen LogP contribution in [0.3, 0.4) is 0 Å². The van der Waals surface area contributed by atoms with Gasteiger partial charge in [0.2, 0.25) is 5.43 Å². The molecule has 1 saturated heterocycles. The van der Waals surface area contributed by atoms with E-state index >= 15 is 0 Å². The number of benzene rings is 2. The maximum absolute atomic E-state index is 13.2. The van der Waals surface area contributed by atoms with Gasteiger partial charge in [0.1, 0.15) is 5.56 Å². The largest absolute Gasteiger partial charge is 0.343 e. The van der Waals surface area contributed by atoms with Gasteiger partial charge < -0.3 is 9.47 Å². The van der Waals surface area contributed by atoms with Gasteiger partial charge in [0.25, 0.3) is 5.91 Å². The van der Waals surface area contributed by atoms with Crippen LogP contribution in [-0.4, -0.2) is 28.5 Å². The van der Waals surface area contributed by atoms with Gasteiger partial charge in [0, 0.05) is 30.7 Å². The average molecular weight is 386 g/mol. The molecule has 1 atom stereocenters. The van der Waals surface area contributed by atoms with Crippen LogP contribution in [-0.2, 0) is 12.8 Å². The summed E-state index contributed by atoms with van der Waals surface area (Å²) in [5.74, 6) is 0.489. The van der Waals surface area contributed by atoms with E-state index in [1.807, 2.05) is 29.3 Å². The van der Waals surface area contributed by atoms with Crippen LogP contribution >= 0.6 is 0 Å². The van der Waals surface area contributed by atoms with E-state index in [1.165, 1.54) is 11.1 Å². The fraction of sp³-hybridized carbons (Fsp3) is 0.360. The van der Waals surface area contributed by atoms with Gasteiger partial charge in [0.05, 0.1) is 5.52 Å². The van der Waals surface area contributed by atoms with Gasteiger partial charge in [0.15, 0.2) is 0 Å². The molecule has 5 rings (SSSR count). The van der Waals surface area contributed by atoms with Crippen molar-refractivity contribution >= 4 is 16.8 Å². The predicted octanol–water partition coefficient (Wildman–Crippen LogP) is 4.21. The normalized spacial score (nSPS) is 19.1. The first kappa shape index (κ1) is 18.2. The number of carbonyl (C=O) groups excluding carboxylic acids is 1. The van der Waals surface area contributed by atoms with Crippen molar-refractivity contribution in [2.24, 2.45) is 5.92 Å². The molecule has 2 aliphatic rings. The molecule has 1 unspecified atom stereocenters. The maximum Gasteiger partial charge on any atom is 0.259 e. The molecule has 1 amide bonds. The Morgan fingerprint density at radius 1 is 1.03 bits per heavy atom. The standard InChI is InChI=1S/C25H26N2O2/c1-17-14-20-8-5-9-21-23(20)27(17)16-22(24(21)28)25(29)26-12-10-19(11-13-26)15-18-6-3-2-4-7-18/h2-9,16-17,19H,10-15H2,1H3. The van der Waals surface area contributed by atoms with Crippen molar-refractivity contribution in [3.63, 3.8) is 0 Å². The lowest BCUT2D eigenvalue weighted by molar-refractivity contribution is 0.0688. The van der Waals surface area contributed by atoms with Crippen LogP contribution in [0.15, 0.2) is 59.5 Å². The number of para-hydroxylation sites is 1. The second-order valence-corrected chi connectivity index (χ2v) is 8.57. The molecule has 4 nitrogen and oxygen atoms in total. The van der Waals surface area contributed by atoms with Gasteiger partial charge in [-0.1, -0.05) is 42.5 Å². The molecule has 0 saturated carbocycles. The number of hydrogen-bond acceptors (Lipinski definition) is 2. The van der Waals surface area contributed by atoms with E-state index in [-0.39, 0.29) is 17.4 Å². The van der Waals surface area contributed by atoms with Crippen molar-refractivity contribution in [3.05, 3.63) is 81.6 Å². The zero-order chi connectivity index (χ0) is 20.0. The Hall–Kier alpha value is -2.88. The third-order valence-electron chi connectivity index (χ3n) is 6.62. The molecule has 0 spiro atoms. The topological polar surface area (TPSA) is 42.3 Å². The number of likely N-dealkylation sites (tertiary alicyclic amines) is 1. The lowest BCUT2D eigenvalue weighted by Crippen LogP contribution is -2.41. The first-order valence-corrected chi connectivity index (χ1v) is 10.6. The van der Waals surface area contributed by atoms with Crippen molar-refractivity contribution in [1.82, 2.24) is 9.47 Å². The van der Waals surface area contributed by atoms with Crippen molar-refractivity contribution in [3.8, 4) is 0 Å². The number of carbonyl (C=O) groups is 1. The van der Waals surface area contributed by atoms with Crippen molar-refractivity contribution in [2.45, 2.75) is 38.6 Å². The molecule has 0 N–H and O–H groups in total. The zero-order valence-electron chi connectivity index (χ0n) is 16.8. The van der Waals surface area contributed by atoms with E-state index in [4.69, 9.17) is 0 Å². The van der Waals surface area contributed by atoms with Gasteiger partial charge >= 0.3 is 0 Å². The zero-order valence-corrected chi connectivity index (χ0v) is 16.8. The highest BCUT2D eigenvalue weighted by atomic mass is 16.2. The van der Waals surface area contributed by atoms with E-state index in [0.717, 1.165) is 44.3 Å². The summed E-state index contributed by atoms with van der Waals surface area (Å²) in [6.07, 6.45) is 5.77. The number of amides is 1. The van der Waals surface area contributed by atoms with E-state index in [1.54, 1.807) is 0 Å². The molecule has 3 aromatic rings. The summed E-state index contributed by atoms with van der Waals surface area (Å²) >= 11 is 0. The van der Waals surface area contributed by atoms with Crippen molar-refractivity contribution in [1.29, 1.82) is 0 Å². The van der Waals surface area contributed by atoms with Crippen molar-refractivity contribution in [2.75, 3.05) is 13.1 Å². The van der Waals surface area contributed by atoms with Gasteiger partial charge in [-0.2, -0.15) is 0 Å². The first-order chi connectivity index (χ1) is 14.1. The number of rotatable bonds is 3. The molecule has 0 aliphatic carbocycles. The predicted molar refractivity (Wildman–Crippen MR) is 115 cm³/mol. The molecule has 2 aromatic carbocycles. The first-order valence-electron chi connectivity index (χ1n) is 10.6. The Morgan fingerprint density at radius 2 is 1.79 bits per heavy atom. The maximum atomic E-state index is 13.2. The summed E-state index contributed by atoms with van der Waals surface area (Å²) in [7, 11) is 0. The molecule has 4 heteroatoms. The van der Waals surface area contributed by atoms with E-state index in [0.29, 0.717) is 16.9 Å². The minimum atomic E-state index is -0.122. The summed E-state index contributed by atoms with van der Waals surface area (Å²) in [6, 6.07) is 16.7. The summed E-state index contributed by atoms with van der Waals surface area (Å²) < 4.78 is 2.13. The second-order valence-electron chi connectivity index (χ2n) is 8.57. The van der Waals surface area contributed by atoms with Gasteiger partial charge in [-0.05, 0) is 55.7 Å². The van der Waals surface area contributed by atoms with Crippen LogP contribution in [0.2, 0.25) is 0 Å². The summed E-state index contributed by atoms with van der Waals surface area (Å²) in [5.41, 5.74) is 3.77. The van der Waals surface area contributed by atoms with Gasteiger partial charge in [-0.15, -0.1) is 0 Å². The number of piperidine rings is 1. The minimum Gasteiger partial charge on any atom is -0.343 e. The van der Waals surface area contributed by atoms with Crippen LogP contribution in [0.4, 0.5) is 0 Å². The smallest absolute Gasteiger partial charge is 0.259 e. The number of nitrogens with zero attached hydrogens (tertiary/aromatic N) is 2. The second kappa shape index (κ2) is 7.18. The Bertz CT molecular complexity index is 1120. The summed E-state index contributed by atoms with van der Waals surface area (Å²) in [4.78, 5) is 28.2. The van der Waals surface area contributed by atoms with Crippen LogP contribution in [0.5, 0.6) is 0 Å². The number of hydrogen-bond donors (Lipinski definition) is 0. The quantitative estimate of drug-likeness (QED) is 0.677. The number of aromatic nitrogens is 1. The molecule has 0 radical (unpaired) electrons. The lowest BCUT2D eigenvalue weighted by atomic mass is 9.90. The molecular formula is C25H26N2O2. The molecule has 29 heavy (non-hydrogen) atoms. The monoisotopic (exact) mass is 386 g/mol. The molecule has 0 bridgehead atoms. The lowest BCUT2D eigenvalue weighted by Gasteiger charge is -2.32. The summed E-state index contributed by atoms with van der Waals surface area (Å²) in [6.45, 7) is 3.60. The fourth-order valence-electron chi connectivity index (χ4n) is 5.03. The SMILES string of the molecule is CC1Cc2cccc3c(=O)c(C(=O)N4CCC(Cc5ccccc5)CC4)cn1c23. The van der Waals surface area contributed by atoms with Crippen LogP contribution in [0.25, 0.3) is 10.9 Å². The van der Waals surface area contributed by atoms with Crippen LogP contribution in [0.1, 0.15) is 47.3 Å². The highest BCUT2D eigenvalue weighted by Crippen LogP contribution is 2.31.